The third-order valence-corrected chi connectivity index (χ3v) is 10.1. The lowest BCUT2D eigenvalue weighted by Crippen LogP contribution is -2.53. The number of benzene rings is 1. The van der Waals surface area contributed by atoms with Gasteiger partial charge in [0.25, 0.3) is 0 Å². The lowest BCUT2D eigenvalue weighted by atomic mass is 9.78. The van der Waals surface area contributed by atoms with E-state index in [2.05, 4.69) is 25.2 Å². The van der Waals surface area contributed by atoms with Crippen molar-refractivity contribution in [3.8, 4) is 0 Å². The summed E-state index contributed by atoms with van der Waals surface area (Å²) in [5, 5.41) is 8.99. The van der Waals surface area contributed by atoms with E-state index in [4.69, 9.17) is 5.11 Å². The molecule has 1 aromatic rings. The first-order valence-electron chi connectivity index (χ1n) is 14.1. The van der Waals surface area contributed by atoms with Crippen molar-refractivity contribution in [3.05, 3.63) is 54.6 Å². The highest BCUT2D eigenvalue weighted by molar-refractivity contribution is 8.02. The number of carbonyl (C=O) groups is 3. The Kier molecular flexibility index (Phi) is 8.29. The quantitative estimate of drug-likeness (QED) is 0.364. The van der Waals surface area contributed by atoms with Crippen LogP contribution in [0.15, 0.2) is 54.6 Å². The van der Waals surface area contributed by atoms with Gasteiger partial charge >= 0.3 is 0 Å². The molecular weight excluding hydrogens is 498 g/mol. The average molecular weight is 538 g/mol. The van der Waals surface area contributed by atoms with Crippen LogP contribution in [0.3, 0.4) is 0 Å². The van der Waals surface area contributed by atoms with Crippen LogP contribution in [-0.4, -0.2) is 81.5 Å². The summed E-state index contributed by atoms with van der Waals surface area (Å²) in [6.07, 6.45) is 13.5. The SMILES string of the molecule is CCCCN1CC=C[C@]23S[C@H]4C=CCN(c5ccccc5)C(=O)[C@H]4[C@H]2C(=O)N(CCCCCCO)C3C1=O. The molecule has 4 heterocycles. The van der Waals surface area contributed by atoms with Gasteiger partial charge in [-0.05, 0) is 31.4 Å². The molecule has 1 aromatic carbocycles. The number of aliphatic hydroxyl groups is 1. The summed E-state index contributed by atoms with van der Waals surface area (Å²) in [5.41, 5.74) is 0.828. The van der Waals surface area contributed by atoms with Gasteiger partial charge in [-0.2, -0.15) is 0 Å². The van der Waals surface area contributed by atoms with E-state index in [9.17, 15) is 14.4 Å². The first kappa shape index (κ1) is 27.0. The minimum Gasteiger partial charge on any atom is -0.396 e. The summed E-state index contributed by atoms with van der Waals surface area (Å²) in [5.74, 6) is -1.19. The van der Waals surface area contributed by atoms with Crippen molar-refractivity contribution in [1.29, 1.82) is 0 Å². The normalized spacial score (nSPS) is 30.4. The van der Waals surface area contributed by atoms with Gasteiger partial charge in [0.1, 0.15) is 6.04 Å². The third kappa shape index (κ3) is 4.70. The fraction of sp³-hybridized carbons (Fsp3) is 0.567. The van der Waals surface area contributed by atoms with Gasteiger partial charge in [-0.1, -0.05) is 68.7 Å². The Morgan fingerprint density at radius 1 is 0.921 bits per heavy atom. The number of amides is 3. The van der Waals surface area contributed by atoms with E-state index >= 15 is 0 Å². The van der Waals surface area contributed by atoms with E-state index in [0.717, 1.165) is 44.2 Å². The van der Waals surface area contributed by atoms with E-state index in [-0.39, 0.29) is 29.6 Å². The highest BCUT2D eigenvalue weighted by Crippen LogP contribution is 2.61. The Labute approximate surface area is 229 Å². The van der Waals surface area contributed by atoms with Gasteiger partial charge in [-0.25, -0.2) is 0 Å². The molecule has 204 valence electrons. The van der Waals surface area contributed by atoms with Crippen LogP contribution in [0.2, 0.25) is 0 Å². The highest BCUT2D eigenvalue weighted by Gasteiger charge is 2.70. The fourth-order valence-electron chi connectivity index (χ4n) is 6.56. The first-order valence-corrected chi connectivity index (χ1v) is 15.0. The molecule has 1 N–H and O–H groups in total. The van der Waals surface area contributed by atoms with Gasteiger partial charge in [0.2, 0.25) is 17.7 Å². The van der Waals surface area contributed by atoms with Crippen LogP contribution in [0.4, 0.5) is 5.69 Å². The molecule has 3 amide bonds. The lowest BCUT2D eigenvalue weighted by molar-refractivity contribution is -0.142. The van der Waals surface area contributed by atoms with Gasteiger partial charge in [0, 0.05) is 43.7 Å². The van der Waals surface area contributed by atoms with Crippen molar-refractivity contribution in [2.45, 2.75) is 61.5 Å². The lowest BCUT2D eigenvalue weighted by Gasteiger charge is -2.35. The van der Waals surface area contributed by atoms with Gasteiger partial charge in [0.15, 0.2) is 0 Å². The Bertz CT molecular complexity index is 1090. The summed E-state index contributed by atoms with van der Waals surface area (Å²) >= 11 is 1.64. The largest absolute Gasteiger partial charge is 0.396 e. The molecule has 0 aliphatic carbocycles. The maximum Gasteiger partial charge on any atom is 0.247 e. The van der Waals surface area contributed by atoms with Crippen molar-refractivity contribution in [2.24, 2.45) is 11.8 Å². The molecule has 0 saturated carbocycles. The summed E-state index contributed by atoms with van der Waals surface area (Å²) < 4.78 is -0.755. The summed E-state index contributed by atoms with van der Waals surface area (Å²) in [6, 6.07) is 9.04. The number of hydrogen-bond acceptors (Lipinski definition) is 5. The molecule has 38 heavy (non-hydrogen) atoms. The molecule has 2 saturated heterocycles. The first-order chi connectivity index (χ1) is 18.5. The molecule has 1 spiro atoms. The molecular formula is C30H39N3O4S. The molecule has 2 fully saturated rings. The summed E-state index contributed by atoms with van der Waals surface area (Å²) in [6.45, 7) is 4.47. The van der Waals surface area contributed by atoms with Crippen LogP contribution in [0.1, 0.15) is 45.4 Å². The molecule has 0 bridgehead atoms. The van der Waals surface area contributed by atoms with Crippen LogP contribution < -0.4 is 4.90 Å². The van der Waals surface area contributed by atoms with Gasteiger partial charge in [0.05, 0.1) is 16.6 Å². The Morgan fingerprint density at radius 2 is 1.71 bits per heavy atom. The standard InChI is InChI=1S/C30H39N3O4S/c1-2-3-17-31-18-12-16-30-25(28(36)33(26(30)29(31)37)19-9-4-5-10-21-34)24-23(38-30)15-11-20-32(27(24)35)22-13-7-6-8-14-22/h6-8,11-16,23-26,34H,2-5,9-10,17-21H2,1H3/t23-,24+,25-,26?,30-/m0/s1. The molecule has 4 aliphatic rings. The molecule has 1 unspecified atom stereocenters. The van der Waals surface area contributed by atoms with Crippen molar-refractivity contribution in [3.63, 3.8) is 0 Å². The number of anilines is 1. The van der Waals surface area contributed by atoms with Crippen LogP contribution in [0, 0.1) is 11.8 Å². The minimum atomic E-state index is -0.755. The summed E-state index contributed by atoms with van der Waals surface area (Å²) in [7, 11) is 0. The number of hydrogen-bond donors (Lipinski definition) is 1. The number of carbonyl (C=O) groups excluding carboxylic acids is 3. The number of fused-ring (bicyclic) bond motifs is 2. The minimum absolute atomic E-state index is 0.00922. The summed E-state index contributed by atoms with van der Waals surface area (Å²) in [4.78, 5) is 48.1. The predicted molar refractivity (Wildman–Crippen MR) is 151 cm³/mol. The zero-order valence-electron chi connectivity index (χ0n) is 22.2. The second-order valence-electron chi connectivity index (χ2n) is 10.8. The van der Waals surface area contributed by atoms with Crippen LogP contribution in [0.25, 0.3) is 0 Å². The van der Waals surface area contributed by atoms with Crippen LogP contribution in [-0.2, 0) is 14.4 Å². The number of aliphatic hydroxyl groups excluding tert-OH is 1. The molecule has 0 aromatic heterocycles. The van der Waals surface area contributed by atoms with E-state index < -0.39 is 22.6 Å². The van der Waals surface area contributed by atoms with E-state index in [1.165, 1.54) is 0 Å². The number of rotatable bonds is 10. The number of unbranched alkanes of at least 4 members (excludes halogenated alkanes) is 4. The zero-order chi connectivity index (χ0) is 26.7. The van der Waals surface area contributed by atoms with Crippen molar-refractivity contribution >= 4 is 35.2 Å². The molecule has 0 radical (unpaired) electrons. The second-order valence-corrected chi connectivity index (χ2v) is 12.3. The third-order valence-electron chi connectivity index (χ3n) is 8.40. The molecule has 5 atom stereocenters. The molecule has 7 nitrogen and oxygen atoms in total. The maximum absolute atomic E-state index is 14.3. The monoisotopic (exact) mass is 537 g/mol. The molecule has 8 heteroatoms. The van der Waals surface area contributed by atoms with Crippen molar-refractivity contribution in [2.75, 3.05) is 37.7 Å². The predicted octanol–water partition coefficient (Wildman–Crippen LogP) is 3.64. The van der Waals surface area contributed by atoms with Crippen LogP contribution in [0.5, 0.6) is 0 Å². The topological polar surface area (TPSA) is 81.2 Å². The number of para-hydroxylation sites is 1. The second kappa shape index (κ2) is 11.7. The van der Waals surface area contributed by atoms with Gasteiger partial charge < -0.3 is 19.8 Å². The highest BCUT2D eigenvalue weighted by atomic mass is 32.2. The van der Waals surface area contributed by atoms with Crippen molar-refractivity contribution in [1.82, 2.24) is 9.80 Å². The smallest absolute Gasteiger partial charge is 0.247 e. The molecule has 4 aliphatic heterocycles. The van der Waals surface area contributed by atoms with Gasteiger partial charge in [-0.3, -0.25) is 14.4 Å². The van der Waals surface area contributed by atoms with Crippen molar-refractivity contribution < 1.29 is 19.5 Å². The number of thioether (sulfide) groups is 1. The van der Waals surface area contributed by atoms with E-state index in [1.54, 1.807) is 21.6 Å². The maximum atomic E-state index is 14.3. The Hall–Kier alpha value is -2.58. The van der Waals surface area contributed by atoms with Crippen LogP contribution >= 0.6 is 11.8 Å². The Morgan fingerprint density at radius 3 is 2.47 bits per heavy atom. The van der Waals surface area contributed by atoms with E-state index in [1.807, 2.05) is 41.3 Å². The Balaban J connectivity index is 1.50. The van der Waals surface area contributed by atoms with E-state index in [0.29, 0.717) is 26.2 Å². The molecule has 5 rings (SSSR count). The zero-order valence-corrected chi connectivity index (χ0v) is 23.0. The number of likely N-dealkylation sites (tertiary alicyclic amines) is 1. The van der Waals surface area contributed by atoms with Gasteiger partial charge in [-0.15, -0.1) is 11.8 Å². The number of nitrogens with zero attached hydrogens (tertiary/aromatic N) is 3. The average Bonchev–Trinajstić information content (AvgIpc) is 3.24. The fourth-order valence-corrected chi connectivity index (χ4v) is 8.57.